The fourth-order valence-electron chi connectivity index (χ4n) is 2.54. The van der Waals surface area contributed by atoms with Gasteiger partial charge in [0.15, 0.2) is 0 Å². The van der Waals surface area contributed by atoms with Gasteiger partial charge < -0.3 is 0 Å². The second kappa shape index (κ2) is 3.00. The third-order valence-corrected chi connectivity index (χ3v) is 3.55. The molecular formula is C13H16N2O. The van der Waals surface area contributed by atoms with E-state index in [4.69, 9.17) is 0 Å². The van der Waals surface area contributed by atoms with Crippen molar-refractivity contribution in [3.63, 3.8) is 0 Å². The lowest BCUT2D eigenvalue weighted by atomic mass is 10.1. The van der Waals surface area contributed by atoms with Gasteiger partial charge in [-0.2, -0.15) is 0 Å². The molecule has 0 N–H and O–H groups in total. The van der Waals surface area contributed by atoms with Gasteiger partial charge in [0.25, 0.3) is 0 Å². The molecule has 84 valence electrons. The highest BCUT2D eigenvalue weighted by Gasteiger charge is 2.27. The van der Waals surface area contributed by atoms with Crippen molar-refractivity contribution in [2.45, 2.75) is 25.7 Å². The van der Waals surface area contributed by atoms with E-state index in [0.29, 0.717) is 5.92 Å². The monoisotopic (exact) mass is 216 g/mol. The summed E-state index contributed by atoms with van der Waals surface area (Å²) in [5.74, 6) is 0.676. The molecule has 0 bridgehead atoms. The maximum atomic E-state index is 11.9. The third-order valence-electron chi connectivity index (χ3n) is 3.55. The standard InChI is InChI=1S/C13H16N2O/c1-8-6-10(9-4-5-9)12-11(7-8)14(2)13(16)15(12)3/h6-7,9H,4-5H2,1-3H3. The predicted molar refractivity (Wildman–Crippen MR) is 64.9 cm³/mol. The lowest BCUT2D eigenvalue weighted by molar-refractivity contribution is 0.793. The molecule has 0 radical (unpaired) electrons. The Kier molecular flexibility index (Phi) is 1.82. The van der Waals surface area contributed by atoms with Crippen LogP contribution in [0.2, 0.25) is 0 Å². The molecule has 1 aliphatic rings. The Morgan fingerprint density at radius 2 is 1.88 bits per heavy atom. The highest BCUT2D eigenvalue weighted by Crippen LogP contribution is 2.43. The van der Waals surface area contributed by atoms with E-state index >= 15 is 0 Å². The molecule has 3 nitrogen and oxygen atoms in total. The van der Waals surface area contributed by atoms with E-state index in [0.717, 1.165) is 11.0 Å². The molecule has 1 saturated carbocycles. The van der Waals surface area contributed by atoms with Crippen LogP contribution in [0, 0.1) is 6.92 Å². The van der Waals surface area contributed by atoms with Crippen molar-refractivity contribution in [2.75, 3.05) is 0 Å². The third kappa shape index (κ3) is 1.17. The first kappa shape index (κ1) is 9.70. The van der Waals surface area contributed by atoms with Crippen LogP contribution in [0.5, 0.6) is 0 Å². The summed E-state index contributed by atoms with van der Waals surface area (Å²) in [7, 11) is 3.71. The summed E-state index contributed by atoms with van der Waals surface area (Å²) in [5.41, 5.74) is 4.86. The number of fused-ring (bicyclic) bond motifs is 1. The van der Waals surface area contributed by atoms with E-state index in [-0.39, 0.29) is 5.69 Å². The van der Waals surface area contributed by atoms with E-state index in [1.54, 1.807) is 9.13 Å². The van der Waals surface area contributed by atoms with Crippen molar-refractivity contribution in [1.29, 1.82) is 0 Å². The van der Waals surface area contributed by atoms with Crippen LogP contribution >= 0.6 is 0 Å². The number of nitrogens with zero attached hydrogens (tertiary/aromatic N) is 2. The first-order chi connectivity index (χ1) is 7.59. The Labute approximate surface area is 94.3 Å². The summed E-state index contributed by atoms with van der Waals surface area (Å²) in [6.07, 6.45) is 2.53. The molecule has 1 aromatic carbocycles. The molecule has 2 aromatic rings. The Balaban J connectivity index is 2.49. The van der Waals surface area contributed by atoms with Gasteiger partial charge in [0, 0.05) is 14.1 Å². The van der Waals surface area contributed by atoms with Crippen LogP contribution in [0.1, 0.15) is 29.9 Å². The molecule has 0 saturated heterocycles. The number of rotatable bonds is 1. The summed E-state index contributed by atoms with van der Waals surface area (Å²) in [5, 5.41) is 0. The van der Waals surface area contributed by atoms with Crippen LogP contribution in [0.25, 0.3) is 11.0 Å². The minimum atomic E-state index is 0.0718. The van der Waals surface area contributed by atoms with E-state index in [1.807, 2.05) is 14.1 Å². The average Bonchev–Trinajstić information content (AvgIpc) is 3.05. The Morgan fingerprint density at radius 3 is 2.50 bits per heavy atom. The van der Waals surface area contributed by atoms with Gasteiger partial charge in [-0.05, 0) is 42.9 Å². The van der Waals surface area contributed by atoms with Crippen molar-refractivity contribution in [2.24, 2.45) is 14.1 Å². The average molecular weight is 216 g/mol. The van der Waals surface area contributed by atoms with Gasteiger partial charge in [-0.1, -0.05) is 6.07 Å². The van der Waals surface area contributed by atoms with Crippen LogP contribution in [0.4, 0.5) is 0 Å². The van der Waals surface area contributed by atoms with Crippen LogP contribution < -0.4 is 5.69 Å². The summed E-state index contributed by atoms with van der Waals surface area (Å²) >= 11 is 0. The maximum absolute atomic E-state index is 11.9. The van der Waals surface area contributed by atoms with Gasteiger partial charge in [-0.25, -0.2) is 4.79 Å². The van der Waals surface area contributed by atoms with Crippen LogP contribution in [-0.2, 0) is 14.1 Å². The van der Waals surface area contributed by atoms with E-state index in [1.165, 1.54) is 24.0 Å². The Hall–Kier alpha value is -1.51. The van der Waals surface area contributed by atoms with Crippen LogP contribution in [0.15, 0.2) is 16.9 Å². The van der Waals surface area contributed by atoms with Gasteiger partial charge in [0.2, 0.25) is 0 Å². The van der Waals surface area contributed by atoms with E-state index in [2.05, 4.69) is 19.1 Å². The number of hydrogen-bond acceptors (Lipinski definition) is 1. The maximum Gasteiger partial charge on any atom is 0.328 e. The summed E-state index contributed by atoms with van der Waals surface area (Å²) in [6, 6.07) is 4.34. The van der Waals surface area contributed by atoms with Gasteiger partial charge >= 0.3 is 5.69 Å². The Bertz CT molecular complexity index is 629. The molecule has 1 aromatic heterocycles. The minimum absolute atomic E-state index is 0.0718. The lowest BCUT2D eigenvalue weighted by Gasteiger charge is -2.05. The number of hydrogen-bond donors (Lipinski definition) is 0. The van der Waals surface area contributed by atoms with Crippen LogP contribution in [0.3, 0.4) is 0 Å². The lowest BCUT2D eigenvalue weighted by Crippen LogP contribution is -2.19. The molecular weight excluding hydrogens is 200 g/mol. The molecule has 3 heteroatoms. The predicted octanol–water partition coefficient (Wildman–Crippen LogP) is 2.06. The molecule has 0 unspecified atom stereocenters. The zero-order valence-corrected chi connectivity index (χ0v) is 9.95. The zero-order valence-electron chi connectivity index (χ0n) is 9.95. The second-order valence-electron chi connectivity index (χ2n) is 4.90. The van der Waals surface area contributed by atoms with Crippen molar-refractivity contribution in [1.82, 2.24) is 9.13 Å². The molecule has 0 aliphatic heterocycles. The number of aryl methyl sites for hydroxylation is 3. The quantitative estimate of drug-likeness (QED) is 0.716. The van der Waals surface area contributed by atoms with E-state index < -0.39 is 0 Å². The SMILES string of the molecule is Cc1cc(C2CC2)c2c(c1)n(C)c(=O)n2C. The van der Waals surface area contributed by atoms with Gasteiger partial charge in [0.05, 0.1) is 11.0 Å². The zero-order chi connectivity index (χ0) is 11.4. The first-order valence-corrected chi connectivity index (χ1v) is 5.75. The molecule has 1 fully saturated rings. The number of imidazole rings is 1. The van der Waals surface area contributed by atoms with Gasteiger partial charge in [0.1, 0.15) is 0 Å². The highest BCUT2D eigenvalue weighted by molar-refractivity contribution is 5.81. The first-order valence-electron chi connectivity index (χ1n) is 5.75. The molecule has 0 spiro atoms. The fourth-order valence-corrected chi connectivity index (χ4v) is 2.54. The summed E-state index contributed by atoms with van der Waals surface area (Å²) in [4.78, 5) is 11.9. The van der Waals surface area contributed by atoms with Crippen LogP contribution in [-0.4, -0.2) is 9.13 Å². The molecule has 1 aliphatic carbocycles. The normalized spacial score (nSPS) is 15.9. The number of benzene rings is 1. The topological polar surface area (TPSA) is 26.9 Å². The van der Waals surface area contributed by atoms with Crippen molar-refractivity contribution in [3.05, 3.63) is 33.7 Å². The molecule has 16 heavy (non-hydrogen) atoms. The largest absolute Gasteiger partial charge is 0.328 e. The number of aromatic nitrogens is 2. The Morgan fingerprint density at radius 1 is 1.19 bits per heavy atom. The van der Waals surface area contributed by atoms with Gasteiger partial charge in [-0.3, -0.25) is 9.13 Å². The van der Waals surface area contributed by atoms with Gasteiger partial charge in [-0.15, -0.1) is 0 Å². The van der Waals surface area contributed by atoms with E-state index in [9.17, 15) is 4.79 Å². The van der Waals surface area contributed by atoms with Crippen molar-refractivity contribution in [3.8, 4) is 0 Å². The summed E-state index contributed by atoms with van der Waals surface area (Å²) in [6.45, 7) is 2.10. The fraction of sp³-hybridized carbons (Fsp3) is 0.462. The second-order valence-corrected chi connectivity index (χ2v) is 4.90. The van der Waals surface area contributed by atoms with Crippen molar-refractivity contribution < 1.29 is 0 Å². The molecule has 3 rings (SSSR count). The smallest absolute Gasteiger partial charge is 0.295 e. The van der Waals surface area contributed by atoms with Crippen molar-refractivity contribution >= 4 is 11.0 Å². The highest BCUT2D eigenvalue weighted by atomic mass is 16.1. The molecule has 1 heterocycles. The minimum Gasteiger partial charge on any atom is -0.295 e. The molecule has 0 amide bonds. The molecule has 0 atom stereocenters. The summed E-state index contributed by atoms with van der Waals surface area (Å²) < 4.78 is 3.52.